The molecule has 9 nitrogen and oxygen atoms in total. The van der Waals surface area contributed by atoms with E-state index in [2.05, 4.69) is 25.3 Å². The normalized spacial score (nSPS) is 22.1. The third-order valence-corrected chi connectivity index (χ3v) is 5.10. The number of nitrogens with two attached hydrogens (primary N) is 2. The minimum Gasteiger partial charge on any atom is -0.492 e. The molecule has 12 heteroatoms. The van der Waals surface area contributed by atoms with Gasteiger partial charge in [0.05, 0.1) is 0 Å². The van der Waals surface area contributed by atoms with Gasteiger partial charge in [-0.05, 0) is 44.1 Å². The van der Waals surface area contributed by atoms with Crippen molar-refractivity contribution in [2.24, 2.45) is 16.5 Å². The van der Waals surface area contributed by atoms with E-state index in [1.807, 2.05) is 0 Å². The van der Waals surface area contributed by atoms with Crippen LogP contribution in [-0.4, -0.2) is 47.1 Å². The molecule has 0 spiro atoms. The van der Waals surface area contributed by atoms with Crippen molar-refractivity contribution in [2.75, 3.05) is 31.3 Å². The Morgan fingerprint density at radius 2 is 1.84 bits per heavy atom. The lowest BCUT2D eigenvalue weighted by Gasteiger charge is -2.25. The van der Waals surface area contributed by atoms with Crippen LogP contribution in [0.15, 0.2) is 41.5 Å². The lowest BCUT2D eigenvalue weighted by atomic mass is 10.1. The molecule has 4 rings (SSSR count). The molecule has 2 aromatic rings. The second-order valence-electron chi connectivity index (χ2n) is 7.34. The van der Waals surface area contributed by atoms with E-state index in [4.69, 9.17) is 16.2 Å². The van der Waals surface area contributed by atoms with Crippen LogP contribution in [0.4, 0.5) is 19.1 Å². The Bertz CT molecular complexity index is 946. The highest BCUT2D eigenvalue weighted by molar-refractivity contribution is 5.94. The summed E-state index contributed by atoms with van der Waals surface area (Å²) < 4.78 is 44.6. The highest BCUT2D eigenvalue weighted by Gasteiger charge is 2.39. The second kappa shape index (κ2) is 8.29. The summed E-state index contributed by atoms with van der Waals surface area (Å²) in [5.41, 5.74) is 14.4. The number of anilines is 1. The van der Waals surface area contributed by atoms with Crippen molar-refractivity contribution in [3.05, 3.63) is 47.8 Å². The van der Waals surface area contributed by atoms with Gasteiger partial charge in [-0.3, -0.25) is 10.6 Å². The molecule has 3 heterocycles. The number of hydrogen-bond acceptors (Lipinski definition) is 9. The SMILES string of the molecule is NC1=NC(N)(c2ccc(OCCN3CCCC3)cc2)NN1c1nccc(C(F)(F)F)n1. The summed E-state index contributed by atoms with van der Waals surface area (Å²) in [6.45, 7) is 3.67. The minimum absolute atomic E-state index is 0.159. The number of rotatable bonds is 6. The summed E-state index contributed by atoms with van der Waals surface area (Å²) in [6, 6.07) is 7.71. The number of aromatic nitrogens is 2. The first-order valence-corrected chi connectivity index (χ1v) is 9.83. The topological polar surface area (TPSA) is 118 Å². The van der Waals surface area contributed by atoms with Crippen LogP contribution in [0.25, 0.3) is 0 Å². The Kier molecular flexibility index (Phi) is 5.69. The molecular formula is C19H23F3N8O. The largest absolute Gasteiger partial charge is 0.492 e. The van der Waals surface area contributed by atoms with Crippen molar-refractivity contribution in [3.8, 4) is 5.75 Å². The third-order valence-electron chi connectivity index (χ3n) is 5.10. The molecule has 1 unspecified atom stereocenters. The smallest absolute Gasteiger partial charge is 0.433 e. The van der Waals surface area contributed by atoms with Gasteiger partial charge in [-0.2, -0.15) is 18.6 Å². The lowest BCUT2D eigenvalue weighted by molar-refractivity contribution is -0.141. The van der Waals surface area contributed by atoms with Crippen LogP contribution in [-0.2, 0) is 12.0 Å². The number of guanidine groups is 1. The van der Waals surface area contributed by atoms with Gasteiger partial charge in [0.1, 0.15) is 18.1 Å². The number of ether oxygens (including phenoxy) is 1. The van der Waals surface area contributed by atoms with Gasteiger partial charge in [0.15, 0.2) is 0 Å². The summed E-state index contributed by atoms with van der Waals surface area (Å²) in [6.07, 6.45) is -1.17. The van der Waals surface area contributed by atoms with Crippen molar-refractivity contribution < 1.29 is 17.9 Å². The van der Waals surface area contributed by atoms with Crippen LogP contribution >= 0.6 is 0 Å². The quantitative estimate of drug-likeness (QED) is 0.622. The molecule has 1 aromatic heterocycles. The van der Waals surface area contributed by atoms with Crippen molar-refractivity contribution in [1.29, 1.82) is 0 Å². The van der Waals surface area contributed by atoms with Crippen LogP contribution in [0.3, 0.4) is 0 Å². The Morgan fingerprint density at radius 3 is 2.52 bits per heavy atom. The van der Waals surface area contributed by atoms with Gasteiger partial charge in [0, 0.05) is 18.3 Å². The van der Waals surface area contributed by atoms with Crippen molar-refractivity contribution in [2.45, 2.75) is 24.8 Å². The summed E-state index contributed by atoms with van der Waals surface area (Å²) in [5, 5.41) is 1.02. The minimum atomic E-state index is -4.62. The number of alkyl halides is 3. The Hall–Kier alpha value is -2.96. The van der Waals surface area contributed by atoms with E-state index in [-0.39, 0.29) is 11.9 Å². The van der Waals surface area contributed by atoms with Gasteiger partial charge in [-0.15, -0.1) is 0 Å². The number of hydrogen-bond donors (Lipinski definition) is 3. The van der Waals surface area contributed by atoms with Crippen molar-refractivity contribution >= 4 is 11.9 Å². The van der Waals surface area contributed by atoms with E-state index < -0.39 is 17.7 Å². The molecule has 0 saturated carbocycles. The highest BCUT2D eigenvalue weighted by Crippen LogP contribution is 2.30. The maximum atomic E-state index is 13.0. The van der Waals surface area contributed by atoms with E-state index >= 15 is 0 Å². The van der Waals surface area contributed by atoms with Crippen molar-refractivity contribution in [3.63, 3.8) is 0 Å². The van der Waals surface area contributed by atoms with E-state index in [0.29, 0.717) is 17.9 Å². The fraction of sp³-hybridized carbons (Fsp3) is 0.421. The molecule has 166 valence electrons. The predicted octanol–water partition coefficient (Wildman–Crippen LogP) is 1.38. The molecule has 0 amide bonds. The third kappa shape index (κ3) is 4.70. The average Bonchev–Trinajstić information content (AvgIpc) is 3.36. The summed E-state index contributed by atoms with van der Waals surface area (Å²) in [7, 11) is 0. The fourth-order valence-electron chi connectivity index (χ4n) is 3.48. The number of nitrogens with zero attached hydrogens (tertiary/aromatic N) is 5. The van der Waals surface area contributed by atoms with E-state index in [0.717, 1.165) is 36.9 Å². The molecule has 1 aromatic carbocycles. The number of likely N-dealkylation sites (tertiary alicyclic amines) is 1. The molecule has 1 fully saturated rings. The Balaban J connectivity index is 1.43. The zero-order valence-corrected chi connectivity index (χ0v) is 16.6. The van der Waals surface area contributed by atoms with Gasteiger partial charge in [-0.1, -0.05) is 12.1 Å². The summed E-state index contributed by atoms with van der Waals surface area (Å²) >= 11 is 0. The molecular weight excluding hydrogens is 413 g/mol. The van der Waals surface area contributed by atoms with Crippen LogP contribution in [0.1, 0.15) is 24.1 Å². The zero-order chi connectivity index (χ0) is 22.1. The number of nitrogens with one attached hydrogen (secondary N) is 1. The second-order valence-corrected chi connectivity index (χ2v) is 7.34. The van der Waals surface area contributed by atoms with Gasteiger partial charge in [0.2, 0.25) is 17.7 Å². The molecule has 5 N–H and O–H groups in total. The molecule has 1 atom stereocenters. The molecule has 31 heavy (non-hydrogen) atoms. The average molecular weight is 436 g/mol. The van der Waals surface area contributed by atoms with Gasteiger partial charge in [-0.25, -0.2) is 20.0 Å². The van der Waals surface area contributed by atoms with Crippen molar-refractivity contribution in [1.82, 2.24) is 20.3 Å². The fourth-order valence-corrected chi connectivity index (χ4v) is 3.48. The summed E-state index contributed by atoms with van der Waals surface area (Å²) in [4.78, 5) is 13.9. The van der Waals surface area contributed by atoms with Crippen LogP contribution < -0.4 is 26.6 Å². The zero-order valence-electron chi connectivity index (χ0n) is 16.6. The van der Waals surface area contributed by atoms with E-state index in [9.17, 15) is 13.2 Å². The predicted molar refractivity (Wildman–Crippen MR) is 108 cm³/mol. The number of benzene rings is 1. The first kappa shape index (κ1) is 21.3. The highest BCUT2D eigenvalue weighted by atomic mass is 19.4. The summed E-state index contributed by atoms with van der Waals surface area (Å²) in [5.74, 6) is -1.28. The maximum absolute atomic E-state index is 13.0. The van der Waals surface area contributed by atoms with E-state index in [1.165, 1.54) is 12.8 Å². The van der Waals surface area contributed by atoms with Crippen LogP contribution in [0, 0.1) is 0 Å². The first-order valence-electron chi connectivity index (χ1n) is 9.83. The molecule has 0 aliphatic carbocycles. The molecule has 2 aliphatic heterocycles. The van der Waals surface area contributed by atoms with Gasteiger partial charge >= 0.3 is 6.18 Å². The molecule has 0 bridgehead atoms. The number of hydrazine groups is 1. The first-order chi connectivity index (χ1) is 14.7. The molecule has 1 saturated heterocycles. The van der Waals surface area contributed by atoms with E-state index in [1.54, 1.807) is 24.3 Å². The monoisotopic (exact) mass is 436 g/mol. The number of halogens is 3. The molecule has 0 radical (unpaired) electrons. The van der Waals surface area contributed by atoms with Gasteiger partial charge < -0.3 is 10.5 Å². The standard InChI is InChI=1S/C19H23F3N8O/c20-18(21,22)15-7-8-25-17(26-15)30-16(23)27-19(24,28-30)13-3-5-14(6-4-13)31-12-11-29-9-1-2-10-29/h3-8,28H,1-2,9-12,24H2,(H2,23,27). The van der Waals surface area contributed by atoms with Crippen LogP contribution in [0.5, 0.6) is 5.75 Å². The van der Waals surface area contributed by atoms with Crippen LogP contribution in [0.2, 0.25) is 0 Å². The maximum Gasteiger partial charge on any atom is 0.433 e. The van der Waals surface area contributed by atoms with Gasteiger partial charge in [0.25, 0.3) is 0 Å². The number of aliphatic imine (C=N–C) groups is 1. The molecule has 2 aliphatic rings. The lowest BCUT2D eigenvalue weighted by Crippen LogP contribution is -2.53. The Morgan fingerprint density at radius 1 is 1.13 bits per heavy atom. The Labute approximate surface area is 176 Å².